The minimum Gasteiger partial charge on any atom is -0.496 e. The van der Waals surface area contributed by atoms with Crippen molar-refractivity contribution in [3.63, 3.8) is 0 Å². The number of hydrogen-bond donors (Lipinski definition) is 1. The molecule has 0 saturated heterocycles. The summed E-state index contributed by atoms with van der Waals surface area (Å²) in [4.78, 5) is 27.6. The zero-order chi connectivity index (χ0) is 25.4. The molecule has 35 heavy (non-hydrogen) atoms. The van der Waals surface area contributed by atoms with Crippen LogP contribution >= 0.6 is 11.6 Å². The fraction of sp³-hybridized carbons (Fsp3) is 0.241. The third-order valence-electron chi connectivity index (χ3n) is 5.76. The molecule has 6 heteroatoms. The van der Waals surface area contributed by atoms with E-state index in [1.54, 1.807) is 25.1 Å². The van der Waals surface area contributed by atoms with E-state index in [0.717, 1.165) is 28.0 Å². The largest absolute Gasteiger partial charge is 0.496 e. The van der Waals surface area contributed by atoms with Crippen LogP contribution in [0.2, 0.25) is 5.02 Å². The molecule has 0 aliphatic carbocycles. The maximum Gasteiger partial charge on any atom is 0.254 e. The number of benzene rings is 3. The molecule has 182 valence electrons. The summed E-state index contributed by atoms with van der Waals surface area (Å²) in [6.45, 7) is 4.29. The van der Waals surface area contributed by atoms with E-state index in [2.05, 4.69) is 5.32 Å². The summed E-state index contributed by atoms with van der Waals surface area (Å²) in [7, 11) is 3.36. The van der Waals surface area contributed by atoms with E-state index in [4.69, 9.17) is 16.3 Å². The molecule has 0 fully saturated rings. The third-order valence-corrected chi connectivity index (χ3v) is 6.01. The Morgan fingerprint density at radius 3 is 2.34 bits per heavy atom. The van der Waals surface area contributed by atoms with E-state index in [0.29, 0.717) is 23.6 Å². The number of carbonyl (C=O) groups excluding carboxylic acids is 2. The zero-order valence-corrected chi connectivity index (χ0v) is 21.3. The molecule has 2 amide bonds. The average Bonchev–Trinajstić information content (AvgIpc) is 2.85. The van der Waals surface area contributed by atoms with E-state index in [1.165, 1.54) is 6.08 Å². The van der Waals surface area contributed by atoms with Gasteiger partial charge >= 0.3 is 0 Å². The van der Waals surface area contributed by atoms with E-state index >= 15 is 0 Å². The first-order valence-electron chi connectivity index (χ1n) is 11.4. The van der Waals surface area contributed by atoms with Crippen molar-refractivity contribution in [3.8, 4) is 5.75 Å². The van der Waals surface area contributed by atoms with Gasteiger partial charge in [-0.15, -0.1) is 0 Å². The molecule has 0 aromatic heterocycles. The van der Waals surface area contributed by atoms with Crippen molar-refractivity contribution in [1.82, 2.24) is 10.2 Å². The lowest BCUT2D eigenvalue weighted by atomic mass is 10.0. The number of aryl methyl sites for hydroxylation is 2. The normalized spacial score (nSPS) is 11.8. The molecule has 0 bridgehead atoms. The summed E-state index contributed by atoms with van der Waals surface area (Å²) in [6.07, 6.45) is 3.80. The van der Waals surface area contributed by atoms with Crippen molar-refractivity contribution in [2.24, 2.45) is 0 Å². The van der Waals surface area contributed by atoms with Gasteiger partial charge in [0, 0.05) is 35.8 Å². The lowest BCUT2D eigenvalue weighted by Crippen LogP contribution is -2.37. The first-order chi connectivity index (χ1) is 16.8. The Kier molecular flexibility index (Phi) is 9.10. The number of carbonyl (C=O) groups is 2. The Labute approximate surface area is 212 Å². The predicted octanol–water partition coefficient (Wildman–Crippen LogP) is 5.52. The van der Waals surface area contributed by atoms with Crippen LogP contribution in [0.4, 0.5) is 0 Å². The highest BCUT2D eigenvalue weighted by Gasteiger charge is 2.20. The third kappa shape index (κ3) is 7.46. The van der Waals surface area contributed by atoms with E-state index in [9.17, 15) is 9.59 Å². The SMILES string of the molecule is COc1ccccc1CNC(=O)C=CC(Cc1ccc(Cl)cc1)N(C)C(=O)c1cc(C)cc(C)c1. The van der Waals surface area contributed by atoms with Gasteiger partial charge in [0.15, 0.2) is 0 Å². The second kappa shape index (κ2) is 12.2. The Morgan fingerprint density at radius 2 is 1.69 bits per heavy atom. The fourth-order valence-corrected chi connectivity index (χ4v) is 4.06. The molecule has 0 aliphatic rings. The van der Waals surface area contributed by atoms with E-state index in [-0.39, 0.29) is 17.9 Å². The molecule has 0 saturated carbocycles. The number of halogens is 1. The number of nitrogens with one attached hydrogen (secondary N) is 1. The molecular formula is C29H31ClN2O3. The second-order valence-corrected chi connectivity index (χ2v) is 9.02. The fourth-order valence-electron chi connectivity index (χ4n) is 3.94. The van der Waals surface area contributed by atoms with E-state index in [1.807, 2.05) is 80.6 Å². The van der Waals surface area contributed by atoms with Crippen LogP contribution in [0, 0.1) is 13.8 Å². The van der Waals surface area contributed by atoms with Crippen molar-refractivity contribution in [3.05, 3.63) is 112 Å². The molecule has 1 N–H and O–H groups in total. The lowest BCUT2D eigenvalue weighted by Gasteiger charge is -2.26. The molecule has 1 unspecified atom stereocenters. The van der Waals surface area contributed by atoms with Crippen molar-refractivity contribution in [2.75, 3.05) is 14.2 Å². The zero-order valence-electron chi connectivity index (χ0n) is 20.5. The van der Waals surface area contributed by atoms with Gasteiger partial charge in [-0.25, -0.2) is 0 Å². The van der Waals surface area contributed by atoms with Crippen molar-refractivity contribution in [1.29, 1.82) is 0 Å². The van der Waals surface area contributed by atoms with Crippen molar-refractivity contribution < 1.29 is 14.3 Å². The molecule has 3 rings (SSSR count). The van der Waals surface area contributed by atoms with Crippen LogP contribution in [-0.4, -0.2) is 36.9 Å². The predicted molar refractivity (Wildman–Crippen MR) is 141 cm³/mol. The van der Waals surface area contributed by atoms with Gasteiger partial charge in [-0.1, -0.05) is 65.2 Å². The number of nitrogens with zero attached hydrogens (tertiary/aromatic N) is 1. The Bertz CT molecular complexity index is 1180. The number of ether oxygens (including phenoxy) is 1. The molecule has 0 aliphatic heterocycles. The Morgan fingerprint density at radius 1 is 1.03 bits per heavy atom. The van der Waals surface area contributed by atoms with Gasteiger partial charge in [0.1, 0.15) is 5.75 Å². The maximum absolute atomic E-state index is 13.3. The molecule has 3 aromatic carbocycles. The molecule has 3 aromatic rings. The summed E-state index contributed by atoms with van der Waals surface area (Å²) < 4.78 is 5.34. The first kappa shape index (κ1) is 26.0. The summed E-state index contributed by atoms with van der Waals surface area (Å²) in [5.74, 6) is 0.371. The topological polar surface area (TPSA) is 58.6 Å². The average molecular weight is 491 g/mol. The van der Waals surface area contributed by atoms with Crippen LogP contribution in [-0.2, 0) is 17.8 Å². The molecular weight excluding hydrogens is 460 g/mol. The minimum absolute atomic E-state index is 0.102. The number of methoxy groups -OCH3 is 1. The van der Waals surface area contributed by atoms with Crippen molar-refractivity contribution >= 4 is 23.4 Å². The Hall–Kier alpha value is -3.57. The van der Waals surface area contributed by atoms with Crippen molar-refractivity contribution in [2.45, 2.75) is 32.9 Å². The smallest absolute Gasteiger partial charge is 0.254 e. The summed E-state index contributed by atoms with van der Waals surface area (Å²) in [6, 6.07) is 20.5. The van der Waals surface area contributed by atoms with Gasteiger partial charge in [-0.05, 0) is 56.2 Å². The van der Waals surface area contributed by atoms with E-state index < -0.39 is 0 Å². The molecule has 0 spiro atoms. The summed E-state index contributed by atoms with van der Waals surface area (Å²) in [5, 5.41) is 3.54. The van der Waals surface area contributed by atoms with Crippen LogP contribution in [0.25, 0.3) is 0 Å². The molecule has 0 heterocycles. The minimum atomic E-state index is -0.332. The quantitative estimate of drug-likeness (QED) is 0.402. The standard InChI is InChI=1S/C29H31ClN2O3/c1-20-15-21(2)17-24(16-20)29(34)32(3)26(18-22-9-11-25(30)12-10-22)13-14-28(33)31-19-23-7-5-6-8-27(23)35-4/h5-17,26H,18-19H2,1-4H3,(H,31,33). The second-order valence-electron chi connectivity index (χ2n) is 8.58. The number of amides is 2. The monoisotopic (exact) mass is 490 g/mol. The van der Waals surface area contributed by atoms with Gasteiger partial charge in [-0.2, -0.15) is 0 Å². The van der Waals surface area contributed by atoms with Gasteiger partial charge in [0.2, 0.25) is 5.91 Å². The Balaban J connectivity index is 1.77. The molecule has 5 nitrogen and oxygen atoms in total. The highest BCUT2D eigenvalue weighted by atomic mass is 35.5. The van der Waals surface area contributed by atoms with Gasteiger partial charge in [0.25, 0.3) is 5.91 Å². The van der Waals surface area contributed by atoms with Crippen LogP contribution < -0.4 is 10.1 Å². The van der Waals surface area contributed by atoms with Crippen LogP contribution in [0.5, 0.6) is 5.75 Å². The van der Waals surface area contributed by atoms with Gasteiger partial charge in [0.05, 0.1) is 13.2 Å². The van der Waals surface area contributed by atoms with Gasteiger partial charge in [-0.3, -0.25) is 9.59 Å². The van der Waals surface area contributed by atoms with Crippen LogP contribution in [0.1, 0.15) is 32.6 Å². The highest BCUT2D eigenvalue weighted by molar-refractivity contribution is 6.30. The van der Waals surface area contributed by atoms with Gasteiger partial charge < -0.3 is 15.0 Å². The van der Waals surface area contributed by atoms with Crippen LogP contribution in [0.15, 0.2) is 78.9 Å². The highest BCUT2D eigenvalue weighted by Crippen LogP contribution is 2.18. The lowest BCUT2D eigenvalue weighted by molar-refractivity contribution is -0.116. The number of hydrogen-bond acceptors (Lipinski definition) is 3. The number of likely N-dealkylation sites (N-methyl/N-ethyl adjacent to an activating group) is 1. The molecule has 1 atom stereocenters. The van der Waals surface area contributed by atoms with Crippen LogP contribution in [0.3, 0.4) is 0 Å². The summed E-state index contributed by atoms with van der Waals surface area (Å²) in [5.41, 5.74) is 4.58. The maximum atomic E-state index is 13.3. The number of para-hydroxylation sites is 1. The molecule has 0 radical (unpaired) electrons. The summed E-state index contributed by atoms with van der Waals surface area (Å²) >= 11 is 6.04. The first-order valence-corrected chi connectivity index (χ1v) is 11.8. The number of rotatable bonds is 9.